The minimum Gasteiger partial charge on any atom is -0.378 e. The van der Waals surface area contributed by atoms with E-state index in [-0.39, 0.29) is 0 Å². The smallest absolute Gasteiger partial charge is 0.137 e. The topological polar surface area (TPSA) is 40.5 Å². The van der Waals surface area contributed by atoms with Crippen molar-refractivity contribution in [2.45, 2.75) is 11.2 Å². The molecule has 2 N–H and O–H groups in total. The summed E-state index contributed by atoms with van der Waals surface area (Å²) in [4.78, 5) is 0. The monoisotopic (exact) mass is 162 g/mol. The van der Waals surface area contributed by atoms with Gasteiger partial charge >= 0.3 is 0 Å². The molecule has 62 valence electrons. The van der Waals surface area contributed by atoms with Gasteiger partial charge in [0.15, 0.2) is 0 Å². The van der Waals surface area contributed by atoms with E-state index >= 15 is 0 Å². The van der Waals surface area contributed by atoms with Gasteiger partial charge in [0.05, 0.1) is 0 Å². The predicted octanol–water partition coefficient (Wildman–Crippen LogP) is 0.701. The van der Waals surface area contributed by atoms with E-state index in [9.17, 15) is 10.2 Å². The standard InChI is InChI=1S/C10H10O2/c11-9-5-1-2-6-10(9,12)8-4-3-7-9/h1-8,11-12H. The molecule has 0 amide bonds. The molecule has 0 heterocycles. The van der Waals surface area contributed by atoms with Crippen LogP contribution in [0.4, 0.5) is 0 Å². The second kappa shape index (κ2) is 2.19. The number of hydrogen-bond acceptors (Lipinski definition) is 2. The Balaban J connectivity index is 2.52. The maximum Gasteiger partial charge on any atom is 0.137 e. The number of rotatable bonds is 0. The zero-order valence-corrected chi connectivity index (χ0v) is 6.51. The molecule has 0 bridgehead atoms. The molecule has 0 atom stereocenters. The minimum atomic E-state index is -1.27. The first kappa shape index (κ1) is 7.53. The SMILES string of the molecule is OC12C=CC=CC1(O)C=CC=C2. The number of allylic oxidation sites excluding steroid dienone is 4. The van der Waals surface area contributed by atoms with Crippen LogP contribution in [-0.4, -0.2) is 21.4 Å². The molecule has 0 aromatic rings. The minimum absolute atomic E-state index is 1.27. The molecule has 12 heavy (non-hydrogen) atoms. The molecule has 0 saturated carbocycles. The van der Waals surface area contributed by atoms with Crippen molar-refractivity contribution in [2.75, 3.05) is 0 Å². The van der Waals surface area contributed by atoms with Crippen LogP contribution >= 0.6 is 0 Å². The molecule has 2 nitrogen and oxygen atoms in total. The molecule has 0 unspecified atom stereocenters. The zero-order chi connectivity index (χ0) is 8.66. The highest BCUT2D eigenvalue weighted by molar-refractivity contribution is 5.43. The summed E-state index contributed by atoms with van der Waals surface area (Å²) in [5.41, 5.74) is -2.53. The van der Waals surface area contributed by atoms with E-state index in [1.807, 2.05) is 0 Å². The average molecular weight is 162 g/mol. The van der Waals surface area contributed by atoms with E-state index in [1.54, 1.807) is 48.6 Å². The number of fused-ring (bicyclic) bond motifs is 1. The van der Waals surface area contributed by atoms with Crippen molar-refractivity contribution < 1.29 is 10.2 Å². The fourth-order valence-corrected chi connectivity index (χ4v) is 1.45. The molecular formula is C10H10O2. The quantitative estimate of drug-likeness (QED) is 0.550. The van der Waals surface area contributed by atoms with Crippen LogP contribution < -0.4 is 0 Å². The molecule has 2 aliphatic rings. The van der Waals surface area contributed by atoms with Crippen molar-refractivity contribution in [3.63, 3.8) is 0 Å². The van der Waals surface area contributed by atoms with Gasteiger partial charge in [0.1, 0.15) is 11.2 Å². The molecule has 0 radical (unpaired) electrons. The van der Waals surface area contributed by atoms with Crippen LogP contribution in [0.2, 0.25) is 0 Å². The van der Waals surface area contributed by atoms with Crippen LogP contribution in [0.5, 0.6) is 0 Å². The summed E-state index contributed by atoms with van der Waals surface area (Å²) in [6.45, 7) is 0. The number of aliphatic hydroxyl groups is 2. The summed E-state index contributed by atoms with van der Waals surface area (Å²) < 4.78 is 0. The maximum atomic E-state index is 9.92. The Morgan fingerprint density at radius 3 is 1.08 bits per heavy atom. The van der Waals surface area contributed by atoms with Gasteiger partial charge in [0, 0.05) is 0 Å². The van der Waals surface area contributed by atoms with Gasteiger partial charge in [0.2, 0.25) is 0 Å². The Morgan fingerprint density at radius 1 is 0.583 bits per heavy atom. The lowest BCUT2D eigenvalue weighted by atomic mass is 9.77. The molecule has 2 aliphatic carbocycles. The molecule has 2 rings (SSSR count). The van der Waals surface area contributed by atoms with Gasteiger partial charge in [-0.1, -0.05) is 24.3 Å². The molecule has 0 aromatic heterocycles. The van der Waals surface area contributed by atoms with Gasteiger partial charge < -0.3 is 10.2 Å². The van der Waals surface area contributed by atoms with Crippen molar-refractivity contribution in [3.05, 3.63) is 48.6 Å². The van der Waals surface area contributed by atoms with Crippen molar-refractivity contribution in [1.82, 2.24) is 0 Å². The van der Waals surface area contributed by atoms with Crippen LogP contribution in [0, 0.1) is 0 Å². The largest absolute Gasteiger partial charge is 0.378 e. The maximum absolute atomic E-state index is 9.92. The molecule has 0 aliphatic heterocycles. The van der Waals surface area contributed by atoms with Gasteiger partial charge in [-0.3, -0.25) is 0 Å². The van der Waals surface area contributed by atoms with E-state index in [4.69, 9.17) is 0 Å². The molecule has 0 aromatic carbocycles. The molecule has 0 fully saturated rings. The fourth-order valence-electron chi connectivity index (χ4n) is 1.45. The van der Waals surface area contributed by atoms with Crippen molar-refractivity contribution in [2.24, 2.45) is 0 Å². The third-order valence-corrected chi connectivity index (χ3v) is 2.27. The van der Waals surface area contributed by atoms with Crippen LogP contribution in [-0.2, 0) is 0 Å². The van der Waals surface area contributed by atoms with Crippen molar-refractivity contribution >= 4 is 0 Å². The van der Waals surface area contributed by atoms with E-state index in [2.05, 4.69) is 0 Å². The fraction of sp³-hybridized carbons (Fsp3) is 0.200. The molecule has 2 heteroatoms. The van der Waals surface area contributed by atoms with Gasteiger partial charge in [0.25, 0.3) is 0 Å². The lowest BCUT2D eigenvalue weighted by molar-refractivity contribution is -0.0323. The van der Waals surface area contributed by atoms with Crippen molar-refractivity contribution in [3.8, 4) is 0 Å². The highest BCUT2D eigenvalue weighted by atomic mass is 16.4. The highest BCUT2D eigenvalue weighted by Gasteiger charge is 2.43. The van der Waals surface area contributed by atoms with Crippen molar-refractivity contribution in [1.29, 1.82) is 0 Å². The Labute approximate surface area is 70.8 Å². The van der Waals surface area contributed by atoms with Crippen LogP contribution in [0.15, 0.2) is 48.6 Å². The summed E-state index contributed by atoms with van der Waals surface area (Å²) in [5.74, 6) is 0. The molecule has 0 saturated heterocycles. The Hall–Kier alpha value is -1.12. The lowest BCUT2D eigenvalue weighted by Gasteiger charge is -2.38. The second-order valence-electron chi connectivity index (χ2n) is 3.09. The first-order chi connectivity index (χ1) is 5.66. The lowest BCUT2D eigenvalue weighted by Crippen LogP contribution is -2.50. The van der Waals surface area contributed by atoms with Crippen LogP contribution in [0.1, 0.15) is 0 Å². The Bertz CT molecular complexity index is 252. The van der Waals surface area contributed by atoms with Gasteiger partial charge in [-0.25, -0.2) is 0 Å². The third-order valence-electron chi connectivity index (χ3n) is 2.27. The van der Waals surface area contributed by atoms with Crippen LogP contribution in [0.25, 0.3) is 0 Å². The summed E-state index contributed by atoms with van der Waals surface area (Å²) in [6, 6.07) is 0. The molecule has 0 spiro atoms. The normalized spacial score (nSPS) is 43.2. The summed E-state index contributed by atoms with van der Waals surface area (Å²) in [5, 5.41) is 19.8. The second-order valence-corrected chi connectivity index (χ2v) is 3.09. The first-order valence-electron chi connectivity index (χ1n) is 3.85. The first-order valence-corrected chi connectivity index (χ1v) is 3.85. The summed E-state index contributed by atoms with van der Waals surface area (Å²) in [6.07, 6.45) is 13.2. The van der Waals surface area contributed by atoms with E-state index < -0.39 is 11.2 Å². The van der Waals surface area contributed by atoms with Crippen LogP contribution in [0.3, 0.4) is 0 Å². The Morgan fingerprint density at radius 2 is 0.833 bits per heavy atom. The van der Waals surface area contributed by atoms with E-state index in [1.165, 1.54) is 0 Å². The Kier molecular flexibility index (Phi) is 1.37. The summed E-state index contributed by atoms with van der Waals surface area (Å²) >= 11 is 0. The van der Waals surface area contributed by atoms with Gasteiger partial charge in [-0.05, 0) is 24.3 Å². The third kappa shape index (κ3) is 0.823. The van der Waals surface area contributed by atoms with Gasteiger partial charge in [-0.2, -0.15) is 0 Å². The summed E-state index contributed by atoms with van der Waals surface area (Å²) in [7, 11) is 0. The zero-order valence-electron chi connectivity index (χ0n) is 6.51. The average Bonchev–Trinajstić information content (AvgIpc) is 2.05. The van der Waals surface area contributed by atoms with E-state index in [0.717, 1.165) is 0 Å². The highest BCUT2D eigenvalue weighted by Crippen LogP contribution is 2.33. The van der Waals surface area contributed by atoms with Gasteiger partial charge in [-0.15, -0.1) is 0 Å². The molecular weight excluding hydrogens is 152 g/mol. The number of hydrogen-bond donors (Lipinski definition) is 2. The predicted molar refractivity (Wildman–Crippen MR) is 46.5 cm³/mol. The van der Waals surface area contributed by atoms with E-state index in [0.29, 0.717) is 0 Å².